The Morgan fingerprint density at radius 2 is 2.24 bits per heavy atom. The molecule has 1 N–H and O–H groups in total. The van der Waals surface area contributed by atoms with E-state index in [1.807, 2.05) is 29.2 Å². The molecule has 1 aromatic heterocycles. The molecule has 0 spiro atoms. The molecule has 0 aliphatic carbocycles. The van der Waals surface area contributed by atoms with Crippen LogP contribution in [0.5, 0.6) is 5.75 Å². The fourth-order valence-corrected chi connectivity index (χ4v) is 4.51. The van der Waals surface area contributed by atoms with Crippen LogP contribution in [0, 0.1) is 0 Å². The van der Waals surface area contributed by atoms with Crippen LogP contribution in [-0.4, -0.2) is 46.5 Å². The number of anilines is 2. The van der Waals surface area contributed by atoms with Crippen LogP contribution < -0.4 is 10.1 Å². The zero-order chi connectivity index (χ0) is 17.6. The van der Waals surface area contributed by atoms with Gasteiger partial charge in [0.1, 0.15) is 5.75 Å². The maximum absolute atomic E-state index is 12.4. The van der Waals surface area contributed by atoms with E-state index in [1.165, 1.54) is 29.5 Å². The number of carbonyl (C=O) groups is 1. The van der Waals surface area contributed by atoms with Gasteiger partial charge >= 0.3 is 0 Å². The minimum Gasteiger partial charge on any atom is -0.495 e. The number of carbonyl (C=O) groups excluding carboxylic acids is 1. The summed E-state index contributed by atoms with van der Waals surface area (Å²) in [5.41, 5.74) is 0.843. The van der Waals surface area contributed by atoms with Crippen molar-refractivity contribution in [1.29, 1.82) is 0 Å². The number of hydrogen-bond donors (Lipinski definition) is 1. The van der Waals surface area contributed by atoms with Crippen LogP contribution in [0.1, 0.15) is 26.2 Å². The number of benzene rings is 1. The quantitative estimate of drug-likeness (QED) is 0.772. The Hall–Kier alpha value is -1.80. The van der Waals surface area contributed by atoms with Crippen molar-refractivity contribution in [2.24, 2.45) is 0 Å². The van der Waals surface area contributed by atoms with E-state index in [1.54, 1.807) is 7.11 Å². The normalized spacial score (nSPS) is 17.4. The molecule has 3 rings (SSSR count). The molecule has 1 aliphatic rings. The van der Waals surface area contributed by atoms with Gasteiger partial charge in [-0.1, -0.05) is 35.2 Å². The average Bonchev–Trinajstić information content (AvgIpc) is 3.08. The first-order valence-electron chi connectivity index (χ1n) is 8.33. The van der Waals surface area contributed by atoms with E-state index in [4.69, 9.17) is 4.74 Å². The number of para-hydroxylation sites is 2. The van der Waals surface area contributed by atoms with Gasteiger partial charge in [0.2, 0.25) is 11.0 Å². The molecule has 1 saturated heterocycles. The molecule has 8 heteroatoms. The summed E-state index contributed by atoms with van der Waals surface area (Å²) in [6.07, 6.45) is 3.42. The molecule has 2 aromatic rings. The van der Waals surface area contributed by atoms with Crippen molar-refractivity contribution in [2.45, 2.75) is 36.6 Å². The monoisotopic (exact) mass is 378 g/mol. The van der Waals surface area contributed by atoms with Gasteiger partial charge in [0.15, 0.2) is 4.34 Å². The summed E-state index contributed by atoms with van der Waals surface area (Å²) in [5, 5.41) is 12.2. The van der Waals surface area contributed by atoms with Crippen molar-refractivity contribution >= 4 is 39.8 Å². The van der Waals surface area contributed by atoms with Crippen molar-refractivity contribution in [3.8, 4) is 5.75 Å². The molecule has 1 aliphatic heterocycles. The fraction of sp³-hybridized carbons (Fsp3) is 0.471. The molecule has 25 heavy (non-hydrogen) atoms. The van der Waals surface area contributed by atoms with E-state index < -0.39 is 0 Å². The van der Waals surface area contributed by atoms with E-state index in [9.17, 15) is 4.79 Å². The number of aromatic nitrogens is 2. The third-order valence-electron chi connectivity index (χ3n) is 4.20. The molecule has 1 fully saturated rings. The summed E-state index contributed by atoms with van der Waals surface area (Å²) in [5.74, 6) is 1.35. The van der Waals surface area contributed by atoms with Crippen molar-refractivity contribution in [2.75, 3.05) is 24.7 Å². The van der Waals surface area contributed by atoms with Gasteiger partial charge in [0.25, 0.3) is 0 Å². The first-order chi connectivity index (χ1) is 12.2. The summed E-state index contributed by atoms with van der Waals surface area (Å²) in [6, 6.07) is 8.00. The lowest BCUT2D eigenvalue weighted by Gasteiger charge is -2.33. The summed E-state index contributed by atoms with van der Waals surface area (Å²) >= 11 is 2.89. The predicted molar refractivity (Wildman–Crippen MR) is 102 cm³/mol. The summed E-state index contributed by atoms with van der Waals surface area (Å²) < 4.78 is 6.11. The van der Waals surface area contributed by atoms with Gasteiger partial charge in [0, 0.05) is 12.6 Å². The number of nitrogens with one attached hydrogen (secondary N) is 1. The molecule has 134 valence electrons. The predicted octanol–water partition coefficient (Wildman–Crippen LogP) is 3.78. The third-order valence-corrected chi connectivity index (χ3v) is 6.15. The highest BCUT2D eigenvalue weighted by Gasteiger charge is 2.23. The maximum Gasteiger partial charge on any atom is 0.233 e. The molecule has 6 nitrogen and oxygen atoms in total. The van der Waals surface area contributed by atoms with Gasteiger partial charge < -0.3 is 15.0 Å². The molecule has 0 unspecified atom stereocenters. The average molecular weight is 379 g/mol. The number of nitrogens with zero attached hydrogens (tertiary/aromatic N) is 3. The van der Waals surface area contributed by atoms with Crippen molar-refractivity contribution in [3.63, 3.8) is 0 Å². The van der Waals surface area contributed by atoms with Gasteiger partial charge in [-0.25, -0.2) is 0 Å². The highest BCUT2D eigenvalue weighted by molar-refractivity contribution is 8.01. The highest BCUT2D eigenvalue weighted by Crippen LogP contribution is 2.31. The van der Waals surface area contributed by atoms with Crippen LogP contribution in [0.4, 0.5) is 10.8 Å². The number of ether oxygens (including phenoxy) is 1. The van der Waals surface area contributed by atoms with E-state index in [0.717, 1.165) is 35.2 Å². The van der Waals surface area contributed by atoms with Crippen LogP contribution in [-0.2, 0) is 4.79 Å². The maximum atomic E-state index is 12.4. The van der Waals surface area contributed by atoms with Crippen molar-refractivity contribution in [1.82, 2.24) is 15.1 Å². The molecule has 1 atom stereocenters. The van der Waals surface area contributed by atoms with Gasteiger partial charge in [-0.2, -0.15) is 0 Å². The van der Waals surface area contributed by atoms with Gasteiger partial charge in [0.05, 0.1) is 18.6 Å². The zero-order valence-corrected chi connectivity index (χ0v) is 16.0. The lowest BCUT2D eigenvalue weighted by molar-refractivity contribution is -0.131. The first kappa shape index (κ1) is 18.0. The van der Waals surface area contributed by atoms with Crippen LogP contribution >= 0.6 is 23.1 Å². The number of hydrogen-bond acceptors (Lipinski definition) is 7. The number of piperidine rings is 1. The van der Waals surface area contributed by atoms with E-state index in [0.29, 0.717) is 16.9 Å². The zero-order valence-electron chi connectivity index (χ0n) is 14.4. The fourth-order valence-electron chi connectivity index (χ4n) is 2.86. The Bertz CT molecular complexity index is 722. The molecule has 2 heterocycles. The van der Waals surface area contributed by atoms with E-state index in [-0.39, 0.29) is 5.91 Å². The van der Waals surface area contributed by atoms with Crippen LogP contribution in [0.25, 0.3) is 0 Å². The molecule has 0 radical (unpaired) electrons. The summed E-state index contributed by atoms with van der Waals surface area (Å²) in [7, 11) is 1.63. The van der Waals surface area contributed by atoms with Gasteiger partial charge in [-0.05, 0) is 38.3 Å². The second kappa shape index (κ2) is 8.53. The number of methoxy groups -OCH3 is 1. The largest absolute Gasteiger partial charge is 0.495 e. The molecular weight excluding hydrogens is 356 g/mol. The standard InChI is InChI=1S/C17H22N4O2S2/c1-12-7-5-6-10-21(12)15(22)11-24-17-20-19-16(25-17)18-13-8-3-4-9-14(13)23-2/h3-4,8-9,12H,5-7,10-11H2,1-2H3,(H,18,19)/t12-/m0/s1. The van der Waals surface area contributed by atoms with Crippen LogP contribution in [0.2, 0.25) is 0 Å². The smallest absolute Gasteiger partial charge is 0.233 e. The Kier molecular flexibility index (Phi) is 6.14. The Balaban J connectivity index is 1.56. The second-order valence-corrected chi connectivity index (χ2v) is 8.12. The lowest BCUT2D eigenvalue weighted by atomic mass is 10.0. The molecule has 0 bridgehead atoms. The molecule has 1 amide bonds. The van der Waals surface area contributed by atoms with Gasteiger partial charge in [-0.15, -0.1) is 10.2 Å². The Morgan fingerprint density at radius 1 is 1.40 bits per heavy atom. The third kappa shape index (κ3) is 4.64. The van der Waals surface area contributed by atoms with Crippen LogP contribution in [0.3, 0.4) is 0 Å². The molecule has 0 saturated carbocycles. The second-order valence-electron chi connectivity index (χ2n) is 5.92. The van der Waals surface area contributed by atoms with E-state index in [2.05, 4.69) is 22.4 Å². The Morgan fingerprint density at radius 3 is 3.04 bits per heavy atom. The first-order valence-corrected chi connectivity index (χ1v) is 10.1. The van der Waals surface area contributed by atoms with Crippen molar-refractivity contribution < 1.29 is 9.53 Å². The van der Waals surface area contributed by atoms with Crippen molar-refractivity contribution in [3.05, 3.63) is 24.3 Å². The Labute approximate surface area is 156 Å². The van der Waals surface area contributed by atoms with E-state index >= 15 is 0 Å². The topological polar surface area (TPSA) is 67.3 Å². The SMILES string of the molecule is COc1ccccc1Nc1nnc(SCC(=O)N2CCCC[C@@H]2C)s1. The molecule has 1 aromatic carbocycles. The number of amides is 1. The summed E-state index contributed by atoms with van der Waals surface area (Å²) in [6.45, 7) is 3.00. The minimum absolute atomic E-state index is 0.187. The number of rotatable bonds is 6. The highest BCUT2D eigenvalue weighted by atomic mass is 32.2. The van der Waals surface area contributed by atoms with Crippen LogP contribution in [0.15, 0.2) is 28.6 Å². The minimum atomic E-state index is 0.187. The molecular formula is C17H22N4O2S2. The summed E-state index contributed by atoms with van der Waals surface area (Å²) in [4.78, 5) is 14.4. The van der Waals surface area contributed by atoms with Gasteiger partial charge in [-0.3, -0.25) is 4.79 Å². The number of thioether (sulfide) groups is 1. The lowest BCUT2D eigenvalue weighted by Crippen LogP contribution is -2.42. The number of likely N-dealkylation sites (tertiary alicyclic amines) is 1.